The van der Waals surface area contributed by atoms with Crippen LogP contribution in [0.3, 0.4) is 0 Å². The van der Waals surface area contributed by atoms with Crippen molar-refractivity contribution in [2.45, 2.75) is 0 Å². The van der Waals surface area contributed by atoms with E-state index in [9.17, 15) is 0 Å². The van der Waals surface area contributed by atoms with E-state index in [0.717, 1.165) is 55.3 Å². The predicted molar refractivity (Wildman–Crippen MR) is 174 cm³/mol. The van der Waals surface area contributed by atoms with Crippen LogP contribution in [0.15, 0.2) is 156 Å². The van der Waals surface area contributed by atoms with E-state index in [-0.39, 0.29) is 0 Å². The van der Waals surface area contributed by atoms with Crippen molar-refractivity contribution in [3.05, 3.63) is 152 Å². The van der Waals surface area contributed by atoms with Crippen LogP contribution in [0.2, 0.25) is 0 Å². The van der Waals surface area contributed by atoms with Crippen LogP contribution in [0.4, 0.5) is 0 Å². The van der Waals surface area contributed by atoms with Crippen LogP contribution in [-0.4, -0.2) is 15.0 Å². The van der Waals surface area contributed by atoms with Crippen molar-refractivity contribution in [3.8, 4) is 56.4 Å². The monoisotopic (exact) mass is 551 g/mol. The van der Waals surface area contributed by atoms with Gasteiger partial charge in [-0.1, -0.05) is 127 Å². The standard InChI is InChI=1S/C39H25N3O/c1-4-11-26(12-5-1)27-19-21-30(22-20-27)38-40-37(29-15-8-3-9-16-29)41-39(42-38)31-23-24-34-33(25-31)36-32(17-10-18-35(36)43-34)28-13-6-2-7-14-28/h1-25H. The Morgan fingerprint density at radius 1 is 0.349 bits per heavy atom. The summed E-state index contributed by atoms with van der Waals surface area (Å²) in [4.78, 5) is 14.9. The van der Waals surface area contributed by atoms with Crippen LogP contribution in [0.25, 0.3) is 78.4 Å². The molecule has 0 atom stereocenters. The molecule has 0 N–H and O–H groups in total. The summed E-state index contributed by atoms with van der Waals surface area (Å²) in [7, 11) is 0. The molecule has 43 heavy (non-hydrogen) atoms. The fourth-order valence-corrected chi connectivity index (χ4v) is 5.62. The number of hydrogen-bond acceptors (Lipinski definition) is 4. The minimum absolute atomic E-state index is 0.615. The summed E-state index contributed by atoms with van der Waals surface area (Å²) >= 11 is 0. The Kier molecular flexibility index (Phi) is 6.08. The van der Waals surface area contributed by atoms with Gasteiger partial charge < -0.3 is 4.42 Å². The van der Waals surface area contributed by atoms with Gasteiger partial charge in [0.15, 0.2) is 17.5 Å². The Morgan fingerprint density at radius 2 is 0.837 bits per heavy atom. The highest BCUT2D eigenvalue weighted by Gasteiger charge is 2.16. The largest absolute Gasteiger partial charge is 0.456 e. The Balaban J connectivity index is 1.29. The molecule has 2 heterocycles. The lowest BCUT2D eigenvalue weighted by atomic mass is 9.99. The van der Waals surface area contributed by atoms with E-state index >= 15 is 0 Å². The lowest BCUT2D eigenvalue weighted by molar-refractivity contribution is 0.669. The number of benzene rings is 6. The summed E-state index contributed by atoms with van der Waals surface area (Å²) in [5.41, 5.74) is 9.06. The molecule has 2 aromatic heterocycles. The van der Waals surface area contributed by atoms with Crippen LogP contribution in [0, 0.1) is 0 Å². The van der Waals surface area contributed by atoms with Gasteiger partial charge in [-0.2, -0.15) is 0 Å². The first-order valence-electron chi connectivity index (χ1n) is 14.3. The summed E-state index contributed by atoms with van der Waals surface area (Å²) in [6.45, 7) is 0. The maximum atomic E-state index is 6.29. The molecule has 0 saturated heterocycles. The lowest BCUT2D eigenvalue weighted by Gasteiger charge is -2.09. The minimum Gasteiger partial charge on any atom is -0.456 e. The van der Waals surface area contributed by atoms with Gasteiger partial charge in [-0.15, -0.1) is 0 Å². The zero-order valence-corrected chi connectivity index (χ0v) is 23.2. The van der Waals surface area contributed by atoms with Crippen LogP contribution in [0.5, 0.6) is 0 Å². The Bertz CT molecular complexity index is 2210. The zero-order valence-electron chi connectivity index (χ0n) is 23.2. The fraction of sp³-hybridized carbons (Fsp3) is 0. The van der Waals surface area contributed by atoms with Gasteiger partial charge in [0.25, 0.3) is 0 Å². The van der Waals surface area contributed by atoms with Crippen molar-refractivity contribution in [2.75, 3.05) is 0 Å². The van der Waals surface area contributed by atoms with Gasteiger partial charge in [-0.25, -0.2) is 15.0 Å². The highest BCUT2D eigenvalue weighted by Crippen LogP contribution is 2.38. The summed E-state index contributed by atoms with van der Waals surface area (Å²) in [6.07, 6.45) is 0. The van der Waals surface area contributed by atoms with Gasteiger partial charge in [0.05, 0.1) is 0 Å². The molecular formula is C39H25N3O. The third-order valence-corrected chi connectivity index (χ3v) is 7.76. The Morgan fingerprint density at radius 3 is 1.49 bits per heavy atom. The average molecular weight is 552 g/mol. The molecule has 0 aliphatic rings. The topological polar surface area (TPSA) is 51.8 Å². The van der Waals surface area contributed by atoms with Crippen LogP contribution in [0.1, 0.15) is 0 Å². The van der Waals surface area contributed by atoms with Crippen molar-refractivity contribution in [1.82, 2.24) is 15.0 Å². The maximum absolute atomic E-state index is 6.29. The highest BCUT2D eigenvalue weighted by molar-refractivity contribution is 6.13. The van der Waals surface area contributed by atoms with Crippen LogP contribution >= 0.6 is 0 Å². The molecule has 0 aliphatic heterocycles. The molecule has 0 unspecified atom stereocenters. The molecule has 8 aromatic rings. The highest BCUT2D eigenvalue weighted by atomic mass is 16.3. The summed E-state index contributed by atoms with van der Waals surface area (Å²) < 4.78 is 6.29. The van der Waals surface area contributed by atoms with E-state index in [0.29, 0.717) is 17.5 Å². The second-order valence-electron chi connectivity index (χ2n) is 10.5. The van der Waals surface area contributed by atoms with E-state index in [2.05, 4.69) is 84.9 Å². The molecule has 0 saturated carbocycles. The van der Waals surface area contributed by atoms with Gasteiger partial charge in [0.2, 0.25) is 0 Å². The molecule has 0 spiro atoms. The number of rotatable bonds is 5. The third-order valence-electron chi connectivity index (χ3n) is 7.76. The summed E-state index contributed by atoms with van der Waals surface area (Å²) in [5, 5.41) is 2.11. The minimum atomic E-state index is 0.615. The molecule has 0 amide bonds. The van der Waals surface area contributed by atoms with Crippen molar-refractivity contribution < 1.29 is 4.42 Å². The zero-order chi connectivity index (χ0) is 28.6. The third kappa shape index (κ3) is 4.65. The molecule has 0 radical (unpaired) electrons. The first-order valence-corrected chi connectivity index (χ1v) is 14.3. The Hall–Kier alpha value is -5.87. The Labute approximate surface area is 249 Å². The van der Waals surface area contributed by atoms with Gasteiger partial charge in [-0.3, -0.25) is 0 Å². The first kappa shape index (κ1) is 24.9. The number of furan rings is 1. The first-order chi connectivity index (χ1) is 21.3. The lowest BCUT2D eigenvalue weighted by Crippen LogP contribution is -2.00. The van der Waals surface area contributed by atoms with E-state index in [1.165, 1.54) is 5.56 Å². The van der Waals surface area contributed by atoms with Gasteiger partial charge in [-0.05, 0) is 46.5 Å². The van der Waals surface area contributed by atoms with E-state index in [4.69, 9.17) is 19.4 Å². The van der Waals surface area contributed by atoms with Crippen molar-refractivity contribution in [3.63, 3.8) is 0 Å². The predicted octanol–water partition coefficient (Wildman–Crippen LogP) is 10.1. The second kappa shape index (κ2) is 10.5. The molecule has 0 bridgehead atoms. The average Bonchev–Trinajstić information content (AvgIpc) is 3.48. The molecule has 6 aromatic carbocycles. The number of nitrogens with zero attached hydrogens (tertiary/aromatic N) is 3. The van der Waals surface area contributed by atoms with E-state index < -0.39 is 0 Å². The van der Waals surface area contributed by atoms with Gasteiger partial charge >= 0.3 is 0 Å². The molecule has 0 fully saturated rings. The number of aromatic nitrogens is 3. The summed E-state index contributed by atoms with van der Waals surface area (Å²) in [5.74, 6) is 1.88. The molecule has 0 aliphatic carbocycles. The molecule has 202 valence electrons. The van der Waals surface area contributed by atoms with E-state index in [1.54, 1.807) is 0 Å². The van der Waals surface area contributed by atoms with E-state index in [1.807, 2.05) is 66.7 Å². The quantitative estimate of drug-likeness (QED) is 0.214. The van der Waals surface area contributed by atoms with Gasteiger partial charge in [0, 0.05) is 27.5 Å². The normalized spacial score (nSPS) is 11.3. The van der Waals surface area contributed by atoms with Gasteiger partial charge in [0.1, 0.15) is 11.2 Å². The number of fused-ring (bicyclic) bond motifs is 3. The smallest absolute Gasteiger partial charge is 0.164 e. The second-order valence-corrected chi connectivity index (χ2v) is 10.5. The number of hydrogen-bond donors (Lipinski definition) is 0. The molecule has 4 nitrogen and oxygen atoms in total. The fourth-order valence-electron chi connectivity index (χ4n) is 5.62. The maximum Gasteiger partial charge on any atom is 0.164 e. The van der Waals surface area contributed by atoms with Crippen molar-refractivity contribution >= 4 is 21.9 Å². The molecule has 4 heteroatoms. The van der Waals surface area contributed by atoms with Crippen molar-refractivity contribution in [1.29, 1.82) is 0 Å². The van der Waals surface area contributed by atoms with Crippen LogP contribution < -0.4 is 0 Å². The molecule has 8 rings (SSSR count). The van der Waals surface area contributed by atoms with Crippen LogP contribution in [-0.2, 0) is 0 Å². The summed E-state index contributed by atoms with van der Waals surface area (Å²) in [6, 6.07) is 51.6. The van der Waals surface area contributed by atoms with Crippen molar-refractivity contribution in [2.24, 2.45) is 0 Å². The molecular weight excluding hydrogens is 526 g/mol. The SMILES string of the molecule is c1ccc(-c2ccc(-c3nc(-c4ccccc4)nc(-c4ccc5oc6cccc(-c7ccccc7)c6c5c4)n3)cc2)cc1.